The smallest absolute Gasteiger partial charge is 0.314 e. The van der Waals surface area contributed by atoms with Crippen LogP contribution in [-0.4, -0.2) is 11.0 Å². The van der Waals surface area contributed by atoms with Gasteiger partial charge in [0.2, 0.25) is 0 Å². The van der Waals surface area contributed by atoms with Crippen molar-refractivity contribution in [3.05, 3.63) is 40.2 Å². The summed E-state index contributed by atoms with van der Waals surface area (Å²) < 4.78 is 10.6. The molecule has 1 unspecified atom stereocenters. The number of rotatable bonds is 4. The van der Waals surface area contributed by atoms with Crippen LogP contribution in [-0.2, 0) is 16.0 Å². The first-order valence-corrected chi connectivity index (χ1v) is 6.17. The summed E-state index contributed by atoms with van der Waals surface area (Å²) in [5, 5.41) is 2.66. The molecule has 0 aromatic carbocycles. The van der Waals surface area contributed by atoms with Crippen molar-refractivity contribution in [3.8, 4) is 0 Å². The number of carbonyl (C=O) groups excluding carboxylic acids is 1. The lowest BCUT2D eigenvalue weighted by atomic mass is 10.3. The van der Waals surface area contributed by atoms with Crippen molar-refractivity contribution in [1.29, 1.82) is 0 Å². The highest BCUT2D eigenvalue weighted by atomic mass is 32.1. The van der Waals surface area contributed by atoms with E-state index >= 15 is 0 Å². The van der Waals surface area contributed by atoms with Crippen molar-refractivity contribution in [2.45, 2.75) is 26.4 Å². The molecule has 4 nitrogen and oxygen atoms in total. The van der Waals surface area contributed by atoms with E-state index in [0.717, 1.165) is 10.8 Å². The number of esters is 1. The molecule has 1 atom stereocenters. The molecule has 2 aromatic heterocycles. The van der Waals surface area contributed by atoms with Gasteiger partial charge in [0.1, 0.15) is 22.9 Å². The fraction of sp³-hybridized carbons (Fsp3) is 0.333. The molecule has 2 aromatic rings. The van der Waals surface area contributed by atoms with Gasteiger partial charge in [0.05, 0.1) is 0 Å². The quantitative estimate of drug-likeness (QED) is 0.784. The number of furan rings is 1. The highest BCUT2D eigenvalue weighted by Gasteiger charge is 2.15. The van der Waals surface area contributed by atoms with Crippen molar-refractivity contribution in [2.24, 2.45) is 0 Å². The number of hydrogen-bond acceptors (Lipinski definition) is 5. The molecule has 0 aliphatic rings. The van der Waals surface area contributed by atoms with Gasteiger partial charge in [-0.2, -0.15) is 0 Å². The largest absolute Gasteiger partial charge is 0.466 e. The minimum atomic E-state index is -0.307. The fourth-order valence-corrected chi connectivity index (χ4v) is 2.07. The molecule has 0 saturated heterocycles. The molecule has 0 aliphatic heterocycles. The lowest BCUT2D eigenvalue weighted by molar-refractivity contribution is -0.148. The van der Waals surface area contributed by atoms with Gasteiger partial charge in [0.15, 0.2) is 6.10 Å². The number of thiazole rings is 1. The number of aryl methyl sites for hydroxylation is 1. The average Bonchev–Trinajstić information content (AvgIpc) is 2.89. The van der Waals surface area contributed by atoms with Crippen LogP contribution in [0, 0.1) is 6.92 Å². The van der Waals surface area contributed by atoms with Crippen LogP contribution in [0.5, 0.6) is 0 Å². The van der Waals surface area contributed by atoms with Crippen molar-refractivity contribution < 1.29 is 13.9 Å². The van der Waals surface area contributed by atoms with Crippen molar-refractivity contribution in [2.75, 3.05) is 0 Å². The van der Waals surface area contributed by atoms with Crippen LogP contribution in [0.3, 0.4) is 0 Å². The van der Waals surface area contributed by atoms with E-state index in [-0.39, 0.29) is 18.5 Å². The van der Waals surface area contributed by atoms with E-state index in [1.54, 1.807) is 12.3 Å². The average molecular weight is 251 g/mol. The van der Waals surface area contributed by atoms with Gasteiger partial charge < -0.3 is 9.15 Å². The zero-order valence-corrected chi connectivity index (χ0v) is 10.5. The van der Waals surface area contributed by atoms with Gasteiger partial charge in [-0.05, 0) is 26.0 Å². The van der Waals surface area contributed by atoms with E-state index in [1.807, 2.05) is 25.3 Å². The highest BCUT2D eigenvalue weighted by molar-refractivity contribution is 7.09. The maximum atomic E-state index is 11.6. The Hall–Kier alpha value is -1.62. The first-order valence-electron chi connectivity index (χ1n) is 5.29. The van der Waals surface area contributed by atoms with Gasteiger partial charge in [0, 0.05) is 11.6 Å². The molecule has 0 aliphatic carbocycles. The molecule has 2 rings (SSSR count). The molecule has 90 valence electrons. The third-order valence-corrected chi connectivity index (χ3v) is 3.16. The summed E-state index contributed by atoms with van der Waals surface area (Å²) in [6.07, 6.45) is 1.54. The third-order valence-electron chi connectivity index (χ3n) is 2.22. The zero-order valence-electron chi connectivity index (χ0n) is 9.67. The number of hydrogen-bond donors (Lipinski definition) is 0. The van der Waals surface area contributed by atoms with Crippen LogP contribution in [0.4, 0.5) is 0 Å². The Bertz CT molecular complexity index is 490. The minimum absolute atomic E-state index is 0.156. The Morgan fingerprint density at radius 1 is 1.59 bits per heavy atom. The zero-order chi connectivity index (χ0) is 12.3. The van der Waals surface area contributed by atoms with Crippen LogP contribution in [0.25, 0.3) is 0 Å². The molecule has 2 heterocycles. The van der Waals surface area contributed by atoms with Crippen molar-refractivity contribution in [3.63, 3.8) is 0 Å². The first-order chi connectivity index (χ1) is 8.15. The van der Waals surface area contributed by atoms with Crippen molar-refractivity contribution in [1.82, 2.24) is 4.98 Å². The van der Waals surface area contributed by atoms with Gasteiger partial charge in [0.25, 0.3) is 0 Å². The standard InChI is InChI=1S/C12H13NO3S/c1-8-3-4-10(15-8)7-11(14)16-9(2)12-13-5-6-17-12/h3-6,9H,7H2,1-2H3. The van der Waals surface area contributed by atoms with Gasteiger partial charge in [-0.1, -0.05) is 0 Å². The van der Waals surface area contributed by atoms with Crippen LogP contribution < -0.4 is 0 Å². The summed E-state index contributed by atoms with van der Waals surface area (Å²) in [5.41, 5.74) is 0. The SMILES string of the molecule is Cc1ccc(CC(=O)OC(C)c2nccs2)o1. The molecular weight excluding hydrogens is 238 g/mol. The van der Waals surface area contributed by atoms with E-state index in [1.165, 1.54) is 11.3 Å². The summed E-state index contributed by atoms with van der Waals surface area (Å²) >= 11 is 1.47. The van der Waals surface area contributed by atoms with Gasteiger partial charge in [-0.3, -0.25) is 4.79 Å². The Morgan fingerprint density at radius 2 is 2.41 bits per heavy atom. The van der Waals surface area contributed by atoms with E-state index in [2.05, 4.69) is 4.98 Å². The number of aromatic nitrogens is 1. The minimum Gasteiger partial charge on any atom is -0.466 e. The van der Waals surface area contributed by atoms with E-state index < -0.39 is 0 Å². The van der Waals surface area contributed by atoms with E-state index in [0.29, 0.717) is 5.76 Å². The van der Waals surface area contributed by atoms with Crippen LogP contribution in [0.2, 0.25) is 0 Å². The maximum Gasteiger partial charge on any atom is 0.314 e. The van der Waals surface area contributed by atoms with Crippen LogP contribution in [0.1, 0.15) is 29.6 Å². The number of ether oxygens (including phenoxy) is 1. The lowest BCUT2D eigenvalue weighted by Gasteiger charge is -2.09. The second-order valence-corrected chi connectivity index (χ2v) is 4.62. The number of carbonyl (C=O) groups is 1. The Labute approximate surface area is 103 Å². The third kappa shape index (κ3) is 3.17. The summed E-state index contributed by atoms with van der Waals surface area (Å²) in [7, 11) is 0. The molecule has 0 fully saturated rings. The molecule has 0 amide bonds. The Balaban J connectivity index is 1.89. The Kier molecular flexibility index (Phi) is 3.58. The molecule has 0 saturated carbocycles. The second kappa shape index (κ2) is 5.14. The molecule has 17 heavy (non-hydrogen) atoms. The molecule has 5 heteroatoms. The Morgan fingerprint density at radius 3 is 3.00 bits per heavy atom. The summed E-state index contributed by atoms with van der Waals surface area (Å²) in [5.74, 6) is 1.11. The van der Waals surface area contributed by atoms with E-state index in [9.17, 15) is 4.79 Å². The van der Waals surface area contributed by atoms with E-state index in [4.69, 9.17) is 9.15 Å². The van der Waals surface area contributed by atoms with Crippen LogP contribution >= 0.6 is 11.3 Å². The van der Waals surface area contributed by atoms with Crippen molar-refractivity contribution >= 4 is 17.3 Å². The summed E-state index contributed by atoms with van der Waals surface area (Å²) in [6.45, 7) is 3.65. The van der Waals surface area contributed by atoms with Gasteiger partial charge in [-0.15, -0.1) is 11.3 Å². The van der Waals surface area contributed by atoms with Gasteiger partial charge in [-0.25, -0.2) is 4.98 Å². The maximum absolute atomic E-state index is 11.6. The van der Waals surface area contributed by atoms with Crippen LogP contribution in [0.15, 0.2) is 28.1 Å². The second-order valence-electron chi connectivity index (χ2n) is 3.69. The fourth-order valence-electron chi connectivity index (χ4n) is 1.45. The van der Waals surface area contributed by atoms with Gasteiger partial charge >= 0.3 is 5.97 Å². The molecule has 0 spiro atoms. The molecule has 0 bridgehead atoms. The predicted octanol–water partition coefficient (Wildman–Crippen LogP) is 2.89. The lowest BCUT2D eigenvalue weighted by Crippen LogP contribution is -2.10. The highest BCUT2D eigenvalue weighted by Crippen LogP contribution is 2.19. The number of nitrogens with zero attached hydrogens (tertiary/aromatic N) is 1. The normalized spacial score (nSPS) is 12.4. The predicted molar refractivity (Wildman–Crippen MR) is 63.8 cm³/mol. The monoisotopic (exact) mass is 251 g/mol. The molecular formula is C12H13NO3S. The topological polar surface area (TPSA) is 52.3 Å². The molecule has 0 N–H and O–H groups in total. The summed E-state index contributed by atoms with van der Waals surface area (Å²) in [4.78, 5) is 15.7. The first kappa shape index (κ1) is 11.9. The molecule has 0 radical (unpaired) electrons. The summed E-state index contributed by atoms with van der Waals surface area (Å²) in [6, 6.07) is 3.61.